The molecule has 0 spiro atoms. The van der Waals surface area contributed by atoms with E-state index in [4.69, 9.17) is 5.73 Å². The average molecular weight is 482 g/mol. The van der Waals surface area contributed by atoms with Crippen molar-refractivity contribution in [2.75, 3.05) is 14.1 Å². The number of fused-ring (bicyclic) bond motifs is 3. The number of amides is 1. The number of rotatable bonds is 2. The summed E-state index contributed by atoms with van der Waals surface area (Å²) in [7, 11) is 2.82. The van der Waals surface area contributed by atoms with Gasteiger partial charge in [-0.3, -0.25) is 28.9 Å². The molecule has 0 aliphatic heterocycles. The highest BCUT2D eigenvalue weighted by atomic mass is 19.4. The Balaban J connectivity index is 1.90. The van der Waals surface area contributed by atoms with Gasteiger partial charge in [-0.05, 0) is 50.6 Å². The zero-order valence-corrected chi connectivity index (χ0v) is 18.0. The number of carbonyl (C=O) groups excluding carboxylic acids is 5. The minimum atomic E-state index is -4.85. The fourth-order valence-electron chi connectivity index (χ4n) is 5.87. The second-order valence-electron chi connectivity index (χ2n) is 9.27. The Morgan fingerprint density at radius 1 is 1.15 bits per heavy atom. The normalized spacial score (nSPS) is 33.4. The van der Waals surface area contributed by atoms with Crippen LogP contribution in [0.15, 0.2) is 12.1 Å². The van der Waals surface area contributed by atoms with Crippen molar-refractivity contribution in [1.82, 2.24) is 4.90 Å². The average Bonchev–Trinajstić information content (AvgIpc) is 2.69. The number of phenolic OH excluding ortho intramolecular Hbond substituents is 1. The first-order valence-electron chi connectivity index (χ1n) is 10.4. The van der Waals surface area contributed by atoms with Crippen molar-refractivity contribution in [3.63, 3.8) is 0 Å². The van der Waals surface area contributed by atoms with Gasteiger partial charge in [-0.15, -0.1) is 0 Å². The summed E-state index contributed by atoms with van der Waals surface area (Å²) in [6.07, 6.45) is -5.62. The Bertz CT molecular complexity index is 1160. The van der Waals surface area contributed by atoms with Crippen LogP contribution in [0.2, 0.25) is 0 Å². The Kier molecular flexibility index (Phi) is 5.26. The molecule has 2 saturated carbocycles. The highest BCUT2D eigenvalue weighted by molar-refractivity contribution is 6.32. The van der Waals surface area contributed by atoms with Gasteiger partial charge in [0, 0.05) is 5.92 Å². The van der Waals surface area contributed by atoms with Gasteiger partial charge < -0.3 is 15.9 Å². The van der Waals surface area contributed by atoms with Crippen molar-refractivity contribution < 1.29 is 47.4 Å². The van der Waals surface area contributed by atoms with Gasteiger partial charge in [-0.1, -0.05) is 0 Å². The lowest BCUT2D eigenvalue weighted by Crippen LogP contribution is -2.74. The molecule has 0 heterocycles. The van der Waals surface area contributed by atoms with Gasteiger partial charge in [0.2, 0.25) is 5.91 Å². The molecule has 9 nitrogen and oxygen atoms in total. The van der Waals surface area contributed by atoms with Gasteiger partial charge in [0.25, 0.3) is 0 Å². The summed E-state index contributed by atoms with van der Waals surface area (Å²) in [6, 6.07) is 0.00413. The van der Waals surface area contributed by atoms with E-state index in [1.807, 2.05) is 0 Å². The van der Waals surface area contributed by atoms with E-state index in [1.165, 1.54) is 19.0 Å². The van der Waals surface area contributed by atoms with Crippen LogP contribution in [-0.2, 0) is 31.8 Å². The number of phenols is 1. The number of nitrogens with zero attached hydrogens (tertiary/aromatic N) is 1. The lowest BCUT2D eigenvalue weighted by atomic mass is 9.52. The molecule has 34 heavy (non-hydrogen) atoms. The van der Waals surface area contributed by atoms with Gasteiger partial charge >= 0.3 is 6.18 Å². The number of alkyl halides is 3. The van der Waals surface area contributed by atoms with Crippen molar-refractivity contribution in [2.24, 2.45) is 29.4 Å². The first-order chi connectivity index (χ1) is 15.6. The van der Waals surface area contributed by atoms with Crippen LogP contribution in [0.3, 0.4) is 0 Å². The number of nitrogens with two attached hydrogens (primary N) is 1. The summed E-state index contributed by atoms with van der Waals surface area (Å²) in [5, 5.41) is 21.5. The number of likely N-dealkylation sites (N-methyl/N-ethyl adjacent to an activating group) is 1. The highest BCUT2D eigenvalue weighted by Crippen LogP contribution is 2.52. The first-order valence-corrected chi connectivity index (χ1v) is 10.4. The van der Waals surface area contributed by atoms with E-state index in [9.17, 15) is 47.4 Å². The second-order valence-corrected chi connectivity index (χ2v) is 9.27. The third-order valence-electron chi connectivity index (χ3n) is 7.25. The molecule has 12 heteroatoms. The van der Waals surface area contributed by atoms with Crippen LogP contribution in [0, 0.1) is 23.7 Å². The van der Waals surface area contributed by atoms with Crippen LogP contribution in [0.1, 0.15) is 27.9 Å². The monoisotopic (exact) mass is 482 g/mol. The van der Waals surface area contributed by atoms with Crippen molar-refractivity contribution in [1.29, 1.82) is 0 Å². The molecular weight excluding hydrogens is 461 g/mol. The molecule has 2 fully saturated rings. The van der Waals surface area contributed by atoms with Gasteiger partial charge in [0.1, 0.15) is 5.75 Å². The minimum Gasteiger partial charge on any atom is -0.507 e. The molecule has 3 aliphatic rings. The molecule has 0 bridgehead atoms. The molecule has 2 unspecified atom stereocenters. The molecule has 1 aromatic carbocycles. The molecule has 0 saturated heterocycles. The topological polar surface area (TPSA) is 155 Å². The van der Waals surface area contributed by atoms with E-state index in [2.05, 4.69) is 0 Å². The Morgan fingerprint density at radius 3 is 2.29 bits per heavy atom. The molecule has 4 N–H and O–H groups in total. The van der Waals surface area contributed by atoms with Crippen molar-refractivity contribution in [3.05, 3.63) is 28.8 Å². The van der Waals surface area contributed by atoms with E-state index in [-0.39, 0.29) is 6.42 Å². The predicted molar refractivity (Wildman–Crippen MR) is 106 cm³/mol. The van der Waals surface area contributed by atoms with Crippen molar-refractivity contribution in [2.45, 2.75) is 30.7 Å². The summed E-state index contributed by atoms with van der Waals surface area (Å²) in [5.41, 5.74) is -0.0363. The van der Waals surface area contributed by atoms with Crippen molar-refractivity contribution in [3.8, 4) is 5.75 Å². The molecule has 0 aromatic heterocycles. The number of hydrogen-bond acceptors (Lipinski definition) is 8. The first kappa shape index (κ1) is 24.0. The fourth-order valence-corrected chi connectivity index (χ4v) is 5.87. The molecule has 0 radical (unpaired) electrons. The third kappa shape index (κ3) is 3.04. The van der Waals surface area contributed by atoms with Crippen molar-refractivity contribution >= 4 is 29.0 Å². The van der Waals surface area contributed by atoms with E-state index in [0.29, 0.717) is 12.1 Å². The van der Waals surface area contributed by atoms with Gasteiger partial charge in [0.05, 0.1) is 23.1 Å². The maximum atomic E-state index is 13.6. The number of benzene rings is 1. The van der Waals surface area contributed by atoms with Crippen LogP contribution in [0.4, 0.5) is 13.2 Å². The number of Topliss-reactive ketones (excluding diaryl/α,β-unsaturated/α-hetero) is 4. The molecule has 4 rings (SSSR count). The number of carbonyl (C=O) groups is 5. The van der Waals surface area contributed by atoms with E-state index in [0.717, 1.165) is 0 Å². The van der Waals surface area contributed by atoms with E-state index < -0.39 is 99.4 Å². The number of halogens is 3. The van der Waals surface area contributed by atoms with E-state index >= 15 is 0 Å². The summed E-state index contributed by atoms with van der Waals surface area (Å²) in [5.74, 6) is -13.3. The second kappa shape index (κ2) is 7.44. The minimum absolute atomic E-state index is 0.323. The van der Waals surface area contributed by atoms with Crippen LogP contribution >= 0.6 is 0 Å². The Morgan fingerprint density at radius 2 is 1.76 bits per heavy atom. The lowest BCUT2D eigenvalue weighted by molar-refractivity contribution is -0.181. The zero-order valence-electron chi connectivity index (χ0n) is 18.0. The number of primary amides is 1. The standard InChI is InChI=1S/C22H21F3N2O7/c1-27(2)15-10-6-7-5-8-9(22(23,24)25)3-4-11(28)13(8)16(29)12(7)18(31)21(10,34)19(32)14(17(15)30)20(26)33/h3-4,7,10,12,14-15,28,34H,5-6H2,1-2H3,(H2,26,33)/t7-,10-,12?,14?,15-,21-/m0/s1. The number of aliphatic hydroxyl groups is 1. The summed E-state index contributed by atoms with van der Waals surface area (Å²) in [4.78, 5) is 65.9. The Hall–Kier alpha value is -3.12. The van der Waals surface area contributed by atoms with E-state index in [1.54, 1.807) is 0 Å². The predicted octanol–water partition coefficient (Wildman–Crippen LogP) is -0.114. The largest absolute Gasteiger partial charge is 0.507 e. The molecule has 1 aromatic rings. The number of aromatic hydroxyl groups is 1. The van der Waals surface area contributed by atoms with Crippen LogP contribution in [0.25, 0.3) is 0 Å². The highest BCUT2D eigenvalue weighted by Gasteiger charge is 2.69. The Labute approximate surface area is 190 Å². The quantitative estimate of drug-likeness (QED) is 0.493. The molecular formula is C22H21F3N2O7. The van der Waals surface area contributed by atoms with Gasteiger partial charge in [-0.25, -0.2) is 0 Å². The van der Waals surface area contributed by atoms with Crippen LogP contribution in [-0.4, -0.2) is 69.9 Å². The number of hydrogen-bond donors (Lipinski definition) is 3. The maximum Gasteiger partial charge on any atom is 0.416 e. The fraction of sp³-hybridized carbons (Fsp3) is 0.500. The zero-order chi connectivity index (χ0) is 25.5. The SMILES string of the molecule is CN(C)[C@@H]1C(=O)C(C(N)=O)C(=O)[C@@]2(O)C(=O)C3C(=O)c4c(O)ccc(C(F)(F)F)c4C[C@H]3C[C@@H]12. The smallest absolute Gasteiger partial charge is 0.416 e. The third-order valence-corrected chi connectivity index (χ3v) is 7.25. The number of ketones is 4. The molecule has 182 valence electrons. The summed E-state index contributed by atoms with van der Waals surface area (Å²) >= 11 is 0. The molecule has 3 aliphatic carbocycles. The lowest BCUT2D eigenvalue weighted by Gasteiger charge is -2.52. The van der Waals surface area contributed by atoms with Crippen LogP contribution in [0.5, 0.6) is 5.75 Å². The summed E-state index contributed by atoms with van der Waals surface area (Å²) < 4.78 is 40.8. The maximum absolute atomic E-state index is 13.6. The molecule has 1 amide bonds. The van der Waals surface area contributed by atoms with Gasteiger partial charge in [-0.2, -0.15) is 13.2 Å². The molecule has 6 atom stereocenters. The van der Waals surface area contributed by atoms with Crippen LogP contribution < -0.4 is 5.73 Å². The van der Waals surface area contributed by atoms with Gasteiger partial charge in [0.15, 0.2) is 34.7 Å². The summed E-state index contributed by atoms with van der Waals surface area (Å²) in [6.45, 7) is 0.